The van der Waals surface area contributed by atoms with Crippen LogP contribution in [0.4, 0.5) is 0 Å². The molecule has 0 aliphatic carbocycles. The van der Waals surface area contributed by atoms with Gasteiger partial charge in [-0.05, 0) is 29.8 Å². The SMILES string of the molecule is COc1cc(C(=O)NCc2cccc(Cl)c2)cc(Cl)c1OCC(N)=O. The molecule has 2 rings (SSSR count). The van der Waals surface area contributed by atoms with Crippen molar-refractivity contribution in [3.05, 3.63) is 57.6 Å². The summed E-state index contributed by atoms with van der Waals surface area (Å²) in [7, 11) is 1.40. The lowest BCUT2D eigenvalue weighted by atomic mass is 10.1. The van der Waals surface area contributed by atoms with Crippen LogP contribution in [0.3, 0.4) is 0 Å². The van der Waals surface area contributed by atoms with Crippen LogP contribution < -0.4 is 20.5 Å². The summed E-state index contributed by atoms with van der Waals surface area (Å²) < 4.78 is 10.4. The normalized spacial score (nSPS) is 10.2. The standard InChI is InChI=1S/C17H16Cl2N2O4/c1-24-14-7-11(6-13(19)16(14)25-9-15(20)22)17(23)21-8-10-3-2-4-12(18)5-10/h2-7H,8-9H2,1H3,(H2,20,22)(H,21,23). The molecule has 0 radical (unpaired) electrons. The molecule has 2 aromatic rings. The molecule has 0 fully saturated rings. The molecule has 0 heterocycles. The van der Waals surface area contributed by atoms with Crippen LogP contribution in [0.2, 0.25) is 10.0 Å². The third kappa shape index (κ3) is 5.27. The molecule has 0 atom stereocenters. The van der Waals surface area contributed by atoms with Gasteiger partial charge in [-0.3, -0.25) is 9.59 Å². The lowest BCUT2D eigenvalue weighted by molar-refractivity contribution is -0.119. The number of amides is 2. The predicted molar refractivity (Wildman–Crippen MR) is 95.3 cm³/mol. The summed E-state index contributed by atoms with van der Waals surface area (Å²) in [6, 6.07) is 10.1. The van der Waals surface area contributed by atoms with Gasteiger partial charge in [0.2, 0.25) is 0 Å². The molecule has 2 aromatic carbocycles. The maximum atomic E-state index is 12.3. The Hall–Kier alpha value is -2.44. The van der Waals surface area contributed by atoms with E-state index in [-0.39, 0.29) is 34.6 Å². The van der Waals surface area contributed by atoms with Crippen molar-refractivity contribution in [2.24, 2.45) is 5.73 Å². The summed E-state index contributed by atoms with van der Waals surface area (Å²) in [5, 5.41) is 3.49. The van der Waals surface area contributed by atoms with Crippen LogP contribution in [-0.4, -0.2) is 25.5 Å². The van der Waals surface area contributed by atoms with Gasteiger partial charge in [0.05, 0.1) is 12.1 Å². The number of nitrogens with two attached hydrogens (primary N) is 1. The molecule has 0 aliphatic heterocycles. The van der Waals surface area contributed by atoms with E-state index < -0.39 is 5.91 Å². The minimum Gasteiger partial charge on any atom is -0.493 e. The average Bonchev–Trinajstić information content (AvgIpc) is 2.57. The molecule has 0 saturated carbocycles. The fraction of sp³-hybridized carbons (Fsp3) is 0.176. The second-order valence-electron chi connectivity index (χ2n) is 5.06. The summed E-state index contributed by atoms with van der Waals surface area (Å²) in [5.41, 5.74) is 6.19. The van der Waals surface area contributed by atoms with E-state index in [4.69, 9.17) is 38.4 Å². The average molecular weight is 383 g/mol. The van der Waals surface area contributed by atoms with Crippen molar-refractivity contribution >= 4 is 35.0 Å². The number of carbonyl (C=O) groups excluding carboxylic acids is 2. The van der Waals surface area contributed by atoms with E-state index in [9.17, 15) is 9.59 Å². The maximum Gasteiger partial charge on any atom is 0.255 e. The Balaban J connectivity index is 2.14. The van der Waals surface area contributed by atoms with E-state index >= 15 is 0 Å². The molecule has 0 aliphatic rings. The molecular weight excluding hydrogens is 367 g/mol. The Labute approximate surface area is 154 Å². The first-order chi connectivity index (χ1) is 11.9. The quantitative estimate of drug-likeness (QED) is 0.769. The first-order valence-corrected chi connectivity index (χ1v) is 7.97. The lowest BCUT2D eigenvalue weighted by Gasteiger charge is -2.13. The molecule has 0 aromatic heterocycles. The zero-order valence-corrected chi connectivity index (χ0v) is 14.9. The maximum absolute atomic E-state index is 12.3. The Kier molecular flexibility index (Phi) is 6.50. The highest BCUT2D eigenvalue weighted by Crippen LogP contribution is 2.36. The van der Waals surface area contributed by atoms with Crippen molar-refractivity contribution in [2.45, 2.75) is 6.54 Å². The van der Waals surface area contributed by atoms with Crippen molar-refractivity contribution < 1.29 is 19.1 Å². The molecule has 3 N–H and O–H groups in total. The van der Waals surface area contributed by atoms with Gasteiger partial charge in [-0.1, -0.05) is 35.3 Å². The van der Waals surface area contributed by atoms with Gasteiger partial charge in [0.15, 0.2) is 18.1 Å². The van der Waals surface area contributed by atoms with Gasteiger partial charge in [-0.25, -0.2) is 0 Å². The van der Waals surface area contributed by atoms with Crippen molar-refractivity contribution in [3.8, 4) is 11.5 Å². The summed E-state index contributed by atoms with van der Waals surface area (Å²) in [6.45, 7) is -0.0460. The number of methoxy groups -OCH3 is 1. The van der Waals surface area contributed by atoms with E-state index in [0.717, 1.165) is 5.56 Å². The third-order valence-corrected chi connectivity index (χ3v) is 3.71. The Morgan fingerprint density at radius 2 is 1.96 bits per heavy atom. The summed E-state index contributed by atoms with van der Waals surface area (Å²) in [4.78, 5) is 23.2. The first-order valence-electron chi connectivity index (χ1n) is 7.22. The number of benzene rings is 2. The zero-order valence-electron chi connectivity index (χ0n) is 13.3. The van der Waals surface area contributed by atoms with E-state index in [1.54, 1.807) is 18.2 Å². The van der Waals surface area contributed by atoms with Crippen LogP contribution in [0.15, 0.2) is 36.4 Å². The Bertz CT molecular complexity index is 796. The summed E-state index contributed by atoms with van der Waals surface area (Å²) in [5.74, 6) is -0.626. The van der Waals surface area contributed by atoms with Gasteiger partial charge < -0.3 is 20.5 Å². The highest BCUT2D eigenvalue weighted by molar-refractivity contribution is 6.32. The van der Waals surface area contributed by atoms with Crippen LogP contribution in [0.25, 0.3) is 0 Å². The van der Waals surface area contributed by atoms with Crippen molar-refractivity contribution in [3.63, 3.8) is 0 Å². The molecule has 2 amide bonds. The van der Waals surface area contributed by atoms with Gasteiger partial charge in [-0.15, -0.1) is 0 Å². The van der Waals surface area contributed by atoms with Gasteiger partial charge >= 0.3 is 0 Å². The highest BCUT2D eigenvalue weighted by atomic mass is 35.5. The van der Waals surface area contributed by atoms with Crippen molar-refractivity contribution in [1.29, 1.82) is 0 Å². The fourth-order valence-electron chi connectivity index (χ4n) is 2.07. The predicted octanol–water partition coefficient (Wildman–Crippen LogP) is 2.80. The molecule has 8 heteroatoms. The second-order valence-corrected chi connectivity index (χ2v) is 5.90. The molecular formula is C17H16Cl2N2O4. The van der Waals surface area contributed by atoms with Gasteiger partial charge in [-0.2, -0.15) is 0 Å². The minimum absolute atomic E-state index is 0.133. The largest absolute Gasteiger partial charge is 0.493 e. The fourth-order valence-corrected chi connectivity index (χ4v) is 2.54. The Morgan fingerprint density at radius 3 is 2.60 bits per heavy atom. The number of carbonyl (C=O) groups is 2. The molecule has 25 heavy (non-hydrogen) atoms. The van der Waals surface area contributed by atoms with Crippen molar-refractivity contribution in [2.75, 3.05) is 13.7 Å². The first kappa shape index (κ1) is 18.9. The Morgan fingerprint density at radius 1 is 1.20 bits per heavy atom. The number of hydrogen-bond donors (Lipinski definition) is 2. The topological polar surface area (TPSA) is 90.7 Å². The van der Waals surface area contributed by atoms with Crippen LogP contribution in [0, 0.1) is 0 Å². The number of hydrogen-bond acceptors (Lipinski definition) is 4. The monoisotopic (exact) mass is 382 g/mol. The van der Waals surface area contributed by atoms with Crippen LogP contribution in [0.5, 0.6) is 11.5 Å². The molecule has 132 valence electrons. The highest BCUT2D eigenvalue weighted by Gasteiger charge is 2.16. The summed E-state index contributed by atoms with van der Waals surface area (Å²) >= 11 is 12.0. The van der Waals surface area contributed by atoms with Gasteiger partial charge in [0, 0.05) is 17.1 Å². The number of rotatable bonds is 7. The smallest absolute Gasteiger partial charge is 0.255 e. The van der Waals surface area contributed by atoms with Crippen LogP contribution >= 0.6 is 23.2 Å². The number of nitrogens with one attached hydrogen (secondary N) is 1. The third-order valence-electron chi connectivity index (χ3n) is 3.19. The molecule has 0 saturated heterocycles. The zero-order chi connectivity index (χ0) is 18.4. The summed E-state index contributed by atoms with van der Waals surface area (Å²) in [6.07, 6.45) is 0. The molecule has 6 nitrogen and oxygen atoms in total. The number of primary amides is 1. The van der Waals surface area contributed by atoms with E-state index in [2.05, 4.69) is 5.32 Å². The van der Waals surface area contributed by atoms with Crippen LogP contribution in [0.1, 0.15) is 15.9 Å². The number of halogens is 2. The minimum atomic E-state index is -0.651. The van der Waals surface area contributed by atoms with E-state index in [1.165, 1.54) is 19.2 Å². The number of ether oxygens (including phenoxy) is 2. The van der Waals surface area contributed by atoms with Gasteiger partial charge in [0.1, 0.15) is 0 Å². The molecule has 0 spiro atoms. The van der Waals surface area contributed by atoms with Gasteiger partial charge in [0.25, 0.3) is 11.8 Å². The lowest BCUT2D eigenvalue weighted by Crippen LogP contribution is -2.23. The van der Waals surface area contributed by atoms with Crippen LogP contribution in [-0.2, 0) is 11.3 Å². The van der Waals surface area contributed by atoms with Crippen molar-refractivity contribution in [1.82, 2.24) is 5.32 Å². The molecule has 0 bridgehead atoms. The van der Waals surface area contributed by atoms with E-state index in [1.807, 2.05) is 6.07 Å². The second kappa shape index (κ2) is 8.60. The van der Waals surface area contributed by atoms with E-state index in [0.29, 0.717) is 11.6 Å². The molecule has 0 unspecified atom stereocenters.